The van der Waals surface area contributed by atoms with Crippen molar-refractivity contribution in [2.45, 2.75) is 27.7 Å². The molecule has 0 bridgehead atoms. The molecule has 21 heavy (non-hydrogen) atoms. The standard InChI is InChI=1S/C15H21N3O3/c1-9-7-10(2)13(11(3)8-9)18-15(21)14(20)17-6-5-16-12(4)19/h7-8H,5-6H2,1-4H3,(H,16,19)(H,17,20)(H,18,21). The molecule has 0 spiro atoms. The van der Waals surface area contributed by atoms with Crippen molar-refractivity contribution >= 4 is 23.4 Å². The molecule has 6 nitrogen and oxygen atoms in total. The molecule has 0 aliphatic rings. The van der Waals surface area contributed by atoms with Crippen molar-refractivity contribution in [2.24, 2.45) is 0 Å². The maximum Gasteiger partial charge on any atom is 0.313 e. The van der Waals surface area contributed by atoms with Crippen molar-refractivity contribution in [1.82, 2.24) is 10.6 Å². The number of hydrogen-bond donors (Lipinski definition) is 3. The van der Waals surface area contributed by atoms with Gasteiger partial charge in [0.05, 0.1) is 0 Å². The molecule has 1 aromatic carbocycles. The first-order chi connectivity index (χ1) is 9.81. The van der Waals surface area contributed by atoms with E-state index >= 15 is 0 Å². The Morgan fingerprint density at radius 1 is 0.905 bits per heavy atom. The van der Waals surface area contributed by atoms with Crippen LogP contribution >= 0.6 is 0 Å². The minimum Gasteiger partial charge on any atom is -0.355 e. The van der Waals surface area contributed by atoms with Crippen LogP contribution in [0.3, 0.4) is 0 Å². The summed E-state index contributed by atoms with van der Waals surface area (Å²) in [5.74, 6) is -1.62. The summed E-state index contributed by atoms with van der Waals surface area (Å²) in [6.07, 6.45) is 0. The summed E-state index contributed by atoms with van der Waals surface area (Å²) in [5, 5.41) is 7.59. The number of carbonyl (C=O) groups is 3. The molecule has 114 valence electrons. The van der Waals surface area contributed by atoms with Gasteiger partial charge in [-0.1, -0.05) is 17.7 Å². The molecular formula is C15H21N3O3. The smallest absolute Gasteiger partial charge is 0.313 e. The molecule has 1 rings (SSSR count). The molecule has 0 aromatic heterocycles. The molecular weight excluding hydrogens is 270 g/mol. The van der Waals surface area contributed by atoms with E-state index in [0.29, 0.717) is 5.69 Å². The van der Waals surface area contributed by atoms with Crippen molar-refractivity contribution in [2.75, 3.05) is 18.4 Å². The largest absolute Gasteiger partial charge is 0.355 e. The van der Waals surface area contributed by atoms with Crippen molar-refractivity contribution < 1.29 is 14.4 Å². The highest BCUT2D eigenvalue weighted by atomic mass is 16.2. The van der Waals surface area contributed by atoms with E-state index in [1.807, 2.05) is 32.9 Å². The van der Waals surface area contributed by atoms with E-state index in [-0.39, 0.29) is 19.0 Å². The molecule has 0 saturated heterocycles. The Hall–Kier alpha value is -2.37. The van der Waals surface area contributed by atoms with E-state index in [1.165, 1.54) is 6.92 Å². The second kappa shape index (κ2) is 7.42. The molecule has 1 aromatic rings. The van der Waals surface area contributed by atoms with Crippen molar-refractivity contribution in [3.05, 3.63) is 28.8 Å². The predicted molar refractivity (Wildman–Crippen MR) is 81.0 cm³/mol. The van der Waals surface area contributed by atoms with Gasteiger partial charge < -0.3 is 16.0 Å². The number of anilines is 1. The third-order valence-electron chi connectivity index (χ3n) is 2.91. The lowest BCUT2D eigenvalue weighted by atomic mass is 10.1. The van der Waals surface area contributed by atoms with E-state index < -0.39 is 11.8 Å². The molecule has 6 heteroatoms. The molecule has 0 saturated carbocycles. The number of nitrogens with one attached hydrogen (secondary N) is 3. The number of rotatable bonds is 4. The number of carbonyl (C=O) groups excluding carboxylic acids is 3. The van der Waals surface area contributed by atoms with Crippen LogP contribution in [0.1, 0.15) is 23.6 Å². The number of aryl methyl sites for hydroxylation is 3. The third kappa shape index (κ3) is 5.25. The molecule has 0 unspecified atom stereocenters. The number of amides is 3. The molecule has 3 amide bonds. The van der Waals surface area contributed by atoms with Gasteiger partial charge in [0.2, 0.25) is 5.91 Å². The van der Waals surface area contributed by atoms with Crippen LogP contribution < -0.4 is 16.0 Å². The second-order valence-corrected chi connectivity index (χ2v) is 4.97. The van der Waals surface area contributed by atoms with Crippen molar-refractivity contribution in [1.29, 1.82) is 0 Å². The molecule has 0 radical (unpaired) electrons. The zero-order chi connectivity index (χ0) is 16.0. The van der Waals surface area contributed by atoms with Gasteiger partial charge in [0.25, 0.3) is 0 Å². The van der Waals surface area contributed by atoms with Crippen molar-refractivity contribution in [3.63, 3.8) is 0 Å². The van der Waals surface area contributed by atoms with Crippen LogP contribution in [-0.2, 0) is 14.4 Å². The normalized spacial score (nSPS) is 9.90. The maximum atomic E-state index is 11.8. The first kappa shape index (κ1) is 16.7. The van der Waals surface area contributed by atoms with Gasteiger partial charge >= 0.3 is 11.8 Å². The lowest BCUT2D eigenvalue weighted by Crippen LogP contribution is -2.39. The number of benzene rings is 1. The summed E-state index contributed by atoms with van der Waals surface area (Å²) in [7, 11) is 0. The van der Waals surface area contributed by atoms with Crippen LogP contribution in [0.5, 0.6) is 0 Å². The fourth-order valence-corrected chi connectivity index (χ4v) is 2.04. The van der Waals surface area contributed by atoms with Gasteiger partial charge in [-0.3, -0.25) is 14.4 Å². The summed E-state index contributed by atoms with van der Waals surface area (Å²) >= 11 is 0. The summed E-state index contributed by atoms with van der Waals surface area (Å²) in [6.45, 7) is 7.61. The molecule has 3 N–H and O–H groups in total. The minimum atomic E-state index is -0.722. The highest BCUT2D eigenvalue weighted by Crippen LogP contribution is 2.21. The van der Waals surface area contributed by atoms with Crippen LogP contribution in [0.4, 0.5) is 5.69 Å². The van der Waals surface area contributed by atoms with Crippen molar-refractivity contribution in [3.8, 4) is 0 Å². The zero-order valence-electron chi connectivity index (χ0n) is 12.8. The van der Waals surface area contributed by atoms with Crippen LogP contribution in [0.2, 0.25) is 0 Å². The minimum absolute atomic E-state index is 0.181. The van der Waals surface area contributed by atoms with Gasteiger partial charge in [-0.05, 0) is 31.9 Å². The number of hydrogen-bond acceptors (Lipinski definition) is 3. The van der Waals surface area contributed by atoms with Gasteiger partial charge in [-0.25, -0.2) is 0 Å². The first-order valence-electron chi connectivity index (χ1n) is 6.72. The van der Waals surface area contributed by atoms with Gasteiger partial charge in [0.15, 0.2) is 0 Å². The molecule has 0 heterocycles. The predicted octanol–water partition coefficient (Wildman–Crippen LogP) is 0.803. The van der Waals surface area contributed by atoms with Gasteiger partial charge in [0, 0.05) is 25.7 Å². The Balaban J connectivity index is 2.57. The second-order valence-electron chi connectivity index (χ2n) is 4.97. The monoisotopic (exact) mass is 291 g/mol. The van der Waals surface area contributed by atoms with Gasteiger partial charge in [0.1, 0.15) is 0 Å². The van der Waals surface area contributed by atoms with E-state index in [0.717, 1.165) is 16.7 Å². The lowest BCUT2D eigenvalue weighted by molar-refractivity contribution is -0.136. The topological polar surface area (TPSA) is 87.3 Å². The highest BCUT2D eigenvalue weighted by molar-refractivity contribution is 6.39. The molecule has 0 aliphatic carbocycles. The van der Waals surface area contributed by atoms with Crippen LogP contribution in [0, 0.1) is 20.8 Å². The fourth-order valence-electron chi connectivity index (χ4n) is 2.04. The SMILES string of the molecule is CC(=O)NCCNC(=O)C(=O)Nc1c(C)cc(C)cc1C. The van der Waals surface area contributed by atoms with Crippen LogP contribution in [0.25, 0.3) is 0 Å². The Morgan fingerprint density at radius 2 is 1.43 bits per heavy atom. The summed E-state index contributed by atoms with van der Waals surface area (Å²) in [5.41, 5.74) is 3.57. The maximum absolute atomic E-state index is 11.8. The van der Waals surface area contributed by atoms with Gasteiger partial charge in [-0.15, -0.1) is 0 Å². The molecule has 0 aliphatic heterocycles. The Labute approximate surface area is 124 Å². The Bertz CT molecular complexity index is 544. The third-order valence-corrected chi connectivity index (χ3v) is 2.91. The Kier molecular flexibility index (Phi) is 5.90. The average molecular weight is 291 g/mol. The molecule has 0 atom stereocenters. The molecule has 0 fully saturated rings. The quantitative estimate of drug-likeness (QED) is 0.566. The summed E-state index contributed by atoms with van der Waals surface area (Å²) in [6, 6.07) is 3.88. The van der Waals surface area contributed by atoms with E-state index in [4.69, 9.17) is 0 Å². The Morgan fingerprint density at radius 3 is 1.95 bits per heavy atom. The highest BCUT2D eigenvalue weighted by Gasteiger charge is 2.15. The fraction of sp³-hybridized carbons (Fsp3) is 0.400. The van der Waals surface area contributed by atoms with Crippen LogP contribution in [0.15, 0.2) is 12.1 Å². The van der Waals surface area contributed by atoms with Crippen LogP contribution in [-0.4, -0.2) is 30.8 Å². The van der Waals surface area contributed by atoms with E-state index in [1.54, 1.807) is 0 Å². The van der Waals surface area contributed by atoms with E-state index in [9.17, 15) is 14.4 Å². The lowest BCUT2D eigenvalue weighted by Gasteiger charge is -2.12. The summed E-state index contributed by atoms with van der Waals surface area (Å²) in [4.78, 5) is 34.1. The zero-order valence-corrected chi connectivity index (χ0v) is 12.8. The summed E-state index contributed by atoms with van der Waals surface area (Å²) < 4.78 is 0. The van der Waals surface area contributed by atoms with Gasteiger partial charge in [-0.2, -0.15) is 0 Å². The van der Waals surface area contributed by atoms with E-state index in [2.05, 4.69) is 16.0 Å². The first-order valence-corrected chi connectivity index (χ1v) is 6.72. The average Bonchev–Trinajstić information content (AvgIpc) is 2.38.